The summed E-state index contributed by atoms with van der Waals surface area (Å²) >= 11 is 0. The molecule has 0 fully saturated rings. The Balaban J connectivity index is 1.77. The van der Waals surface area contributed by atoms with Gasteiger partial charge in [-0.1, -0.05) is 29.5 Å². The number of nitrogens with one attached hydrogen (secondary N) is 1. The Kier molecular flexibility index (Phi) is 6.01. The molecule has 29 heavy (non-hydrogen) atoms. The van der Waals surface area contributed by atoms with Crippen molar-refractivity contribution in [2.75, 3.05) is 7.11 Å². The van der Waals surface area contributed by atoms with E-state index in [0.717, 1.165) is 16.9 Å². The fourth-order valence-corrected chi connectivity index (χ4v) is 3.59. The van der Waals surface area contributed by atoms with Crippen LogP contribution in [0.1, 0.15) is 27.0 Å². The standard InChI is InChI=1S/C23H20N2O3S/c1-17-4-12-22(13-5-17)29(3,27)25-23(26)20-14-19(15-24-16-20)7-6-18-8-10-21(28-2)11-9-18/h4-5,8-16H,3H2,1-2H3,(H,25,26,27). The number of ether oxygens (including phenoxy) is 1. The molecule has 0 radical (unpaired) electrons. The van der Waals surface area contributed by atoms with E-state index in [1.165, 1.54) is 6.20 Å². The van der Waals surface area contributed by atoms with Gasteiger partial charge in [0.1, 0.15) is 5.75 Å². The van der Waals surface area contributed by atoms with Gasteiger partial charge in [0.05, 0.1) is 22.4 Å². The summed E-state index contributed by atoms with van der Waals surface area (Å²) in [4.78, 5) is 17.1. The first-order chi connectivity index (χ1) is 13.9. The molecule has 1 atom stereocenters. The molecule has 1 N–H and O–H groups in total. The molecule has 0 spiro atoms. The van der Waals surface area contributed by atoms with E-state index in [4.69, 9.17) is 4.74 Å². The van der Waals surface area contributed by atoms with Crippen LogP contribution < -0.4 is 9.46 Å². The highest BCUT2D eigenvalue weighted by Crippen LogP contribution is 2.12. The van der Waals surface area contributed by atoms with Gasteiger partial charge in [0, 0.05) is 28.4 Å². The predicted octanol–water partition coefficient (Wildman–Crippen LogP) is 3.22. The number of nitrogens with zero attached hydrogens (tertiary/aromatic N) is 1. The van der Waals surface area contributed by atoms with Crippen molar-refractivity contribution >= 4 is 21.5 Å². The first kappa shape index (κ1) is 20.2. The molecule has 0 saturated carbocycles. The number of pyridine rings is 1. The lowest BCUT2D eigenvalue weighted by Crippen LogP contribution is -2.30. The monoisotopic (exact) mass is 404 g/mol. The quantitative estimate of drug-likeness (QED) is 0.536. The molecule has 146 valence electrons. The van der Waals surface area contributed by atoms with Gasteiger partial charge in [-0.05, 0) is 55.3 Å². The van der Waals surface area contributed by atoms with Crippen molar-refractivity contribution in [1.29, 1.82) is 0 Å². The van der Waals surface area contributed by atoms with E-state index < -0.39 is 15.6 Å². The van der Waals surface area contributed by atoms with E-state index in [1.807, 2.05) is 43.3 Å². The number of carbonyl (C=O) groups is 1. The molecule has 0 aliphatic carbocycles. The Labute approximate surface area is 170 Å². The Morgan fingerprint density at radius 1 is 1.03 bits per heavy atom. The van der Waals surface area contributed by atoms with Crippen molar-refractivity contribution in [1.82, 2.24) is 9.71 Å². The van der Waals surface area contributed by atoms with Crippen LogP contribution in [0.5, 0.6) is 5.75 Å². The normalized spacial score (nSPS) is 12.2. The Bertz CT molecular complexity index is 1190. The zero-order chi connectivity index (χ0) is 20.9. The summed E-state index contributed by atoms with van der Waals surface area (Å²) in [5.74, 6) is 9.90. The first-order valence-electron chi connectivity index (χ1n) is 8.74. The number of benzene rings is 2. The van der Waals surface area contributed by atoms with Crippen molar-refractivity contribution in [2.45, 2.75) is 11.8 Å². The van der Waals surface area contributed by atoms with Crippen molar-refractivity contribution in [3.63, 3.8) is 0 Å². The second-order valence-electron chi connectivity index (χ2n) is 6.36. The van der Waals surface area contributed by atoms with Crippen molar-refractivity contribution in [3.05, 3.63) is 89.2 Å². The number of amides is 1. The van der Waals surface area contributed by atoms with Crippen LogP contribution in [-0.2, 0) is 9.71 Å². The fourth-order valence-electron chi connectivity index (χ4n) is 2.48. The summed E-state index contributed by atoms with van der Waals surface area (Å²) in [6.07, 6.45) is 2.97. The van der Waals surface area contributed by atoms with Gasteiger partial charge in [-0.3, -0.25) is 14.5 Å². The predicted molar refractivity (Wildman–Crippen MR) is 115 cm³/mol. The second kappa shape index (κ2) is 8.63. The van der Waals surface area contributed by atoms with Gasteiger partial charge in [-0.2, -0.15) is 0 Å². The molecule has 0 aliphatic heterocycles. The summed E-state index contributed by atoms with van der Waals surface area (Å²) in [5, 5.41) is 0. The third-order valence-corrected chi connectivity index (χ3v) is 5.65. The third kappa shape index (κ3) is 5.24. The lowest BCUT2D eigenvalue weighted by atomic mass is 10.1. The van der Waals surface area contributed by atoms with Crippen LogP contribution in [0.4, 0.5) is 0 Å². The molecule has 1 unspecified atom stereocenters. The lowest BCUT2D eigenvalue weighted by molar-refractivity contribution is 0.0982. The van der Waals surface area contributed by atoms with Gasteiger partial charge in [-0.25, -0.2) is 4.21 Å². The fraction of sp³-hybridized carbons (Fsp3) is 0.0870. The molecule has 3 aromatic rings. The Hall–Kier alpha value is -3.56. The molecule has 6 heteroatoms. The summed E-state index contributed by atoms with van der Waals surface area (Å²) in [7, 11) is -1.37. The number of hydrogen-bond acceptors (Lipinski definition) is 4. The number of carbonyl (C=O) groups excluding carboxylic acids is 1. The minimum Gasteiger partial charge on any atom is -0.497 e. The second-order valence-corrected chi connectivity index (χ2v) is 8.39. The van der Waals surface area contributed by atoms with Gasteiger partial charge in [-0.15, -0.1) is 0 Å². The zero-order valence-corrected chi connectivity index (χ0v) is 17.0. The molecule has 5 nitrogen and oxygen atoms in total. The van der Waals surface area contributed by atoms with Crippen LogP contribution in [0.2, 0.25) is 0 Å². The Morgan fingerprint density at radius 2 is 1.69 bits per heavy atom. The average Bonchev–Trinajstić information content (AvgIpc) is 2.73. The van der Waals surface area contributed by atoms with Crippen molar-refractivity contribution in [2.24, 2.45) is 0 Å². The van der Waals surface area contributed by atoms with Gasteiger partial charge >= 0.3 is 0 Å². The molecular formula is C23H20N2O3S. The lowest BCUT2D eigenvalue weighted by Gasteiger charge is -2.12. The summed E-state index contributed by atoms with van der Waals surface area (Å²) < 4.78 is 20.4. The molecule has 1 amide bonds. The summed E-state index contributed by atoms with van der Waals surface area (Å²) in [5.41, 5.74) is 2.66. The minimum absolute atomic E-state index is 0.259. The molecule has 2 aromatic carbocycles. The number of rotatable bonds is 4. The van der Waals surface area contributed by atoms with E-state index >= 15 is 0 Å². The first-order valence-corrected chi connectivity index (χ1v) is 10.5. The third-order valence-electron chi connectivity index (χ3n) is 4.10. The van der Waals surface area contributed by atoms with Gasteiger partial charge in [0.25, 0.3) is 5.91 Å². The van der Waals surface area contributed by atoms with E-state index in [2.05, 4.69) is 27.4 Å². The highest BCUT2D eigenvalue weighted by Gasteiger charge is 2.14. The van der Waals surface area contributed by atoms with Crippen LogP contribution >= 0.6 is 0 Å². The molecule has 1 aromatic heterocycles. The number of hydrogen-bond donors (Lipinski definition) is 1. The highest BCUT2D eigenvalue weighted by atomic mass is 32.2. The topological polar surface area (TPSA) is 68.3 Å². The minimum atomic E-state index is -2.97. The average molecular weight is 404 g/mol. The smallest absolute Gasteiger partial charge is 0.264 e. The van der Waals surface area contributed by atoms with Gasteiger partial charge in [0.15, 0.2) is 0 Å². The molecular weight excluding hydrogens is 384 g/mol. The van der Waals surface area contributed by atoms with Crippen LogP contribution in [0.25, 0.3) is 0 Å². The van der Waals surface area contributed by atoms with Crippen molar-refractivity contribution < 1.29 is 13.7 Å². The molecule has 1 heterocycles. The number of aryl methyl sites for hydroxylation is 1. The van der Waals surface area contributed by atoms with Crippen LogP contribution in [0.15, 0.2) is 71.9 Å². The van der Waals surface area contributed by atoms with E-state index in [9.17, 15) is 9.00 Å². The molecule has 0 aliphatic rings. The van der Waals surface area contributed by atoms with Crippen LogP contribution in [0.3, 0.4) is 0 Å². The largest absolute Gasteiger partial charge is 0.497 e. The van der Waals surface area contributed by atoms with E-state index in [1.54, 1.807) is 31.5 Å². The Morgan fingerprint density at radius 3 is 2.34 bits per heavy atom. The van der Waals surface area contributed by atoms with E-state index in [0.29, 0.717) is 10.5 Å². The maximum Gasteiger partial charge on any atom is 0.264 e. The molecule has 0 bridgehead atoms. The number of aromatic nitrogens is 1. The molecule has 3 rings (SSSR count). The SMILES string of the molecule is C=S(=O)(NC(=O)c1cncc(C#Cc2ccc(OC)cc2)c1)c1ccc(C)cc1. The van der Waals surface area contributed by atoms with E-state index in [-0.39, 0.29) is 5.56 Å². The summed E-state index contributed by atoms with van der Waals surface area (Å²) in [6.45, 7) is 1.93. The maximum atomic E-state index is 12.8. The number of methoxy groups -OCH3 is 1. The molecule has 0 saturated heterocycles. The van der Waals surface area contributed by atoms with Crippen LogP contribution in [-0.4, -0.2) is 28.1 Å². The highest BCUT2D eigenvalue weighted by molar-refractivity contribution is 7.99. The van der Waals surface area contributed by atoms with Crippen LogP contribution in [0, 0.1) is 18.8 Å². The maximum absolute atomic E-state index is 12.8. The van der Waals surface area contributed by atoms with Gasteiger partial charge < -0.3 is 4.74 Å². The van der Waals surface area contributed by atoms with Crippen molar-refractivity contribution in [3.8, 4) is 17.6 Å². The summed E-state index contributed by atoms with van der Waals surface area (Å²) in [6, 6.07) is 16.0. The zero-order valence-electron chi connectivity index (χ0n) is 16.1. The van der Waals surface area contributed by atoms with Gasteiger partial charge in [0.2, 0.25) is 0 Å².